The normalized spacial score (nSPS) is 18.6. The van der Waals surface area contributed by atoms with Crippen molar-refractivity contribution >= 4 is 12.2 Å². The van der Waals surface area contributed by atoms with Crippen molar-refractivity contribution < 1.29 is 19.1 Å². The Morgan fingerprint density at radius 2 is 2.26 bits per heavy atom. The molecule has 0 aromatic heterocycles. The molecule has 0 saturated carbocycles. The van der Waals surface area contributed by atoms with Gasteiger partial charge >= 0.3 is 0 Å². The van der Waals surface area contributed by atoms with Crippen molar-refractivity contribution in [2.75, 3.05) is 20.3 Å². The molecular formula is C14H17NO4. The predicted octanol–water partition coefficient (Wildman–Crippen LogP) is 1.41. The van der Waals surface area contributed by atoms with E-state index in [-0.39, 0.29) is 11.8 Å². The molecule has 1 amide bonds. The van der Waals surface area contributed by atoms with Crippen molar-refractivity contribution in [3.05, 3.63) is 23.8 Å². The van der Waals surface area contributed by atoms with Gasteiger partial charge in [0.25, 0.3) is 0 Å². The lowest BCUT2D eigenvalue weighted by atomic mass is 9.99. The molecule has 1 atom stereocenters. The van der Waals surface area contributed by atoms with Crippen LogP contribution in [0.1, 0.15) is 23.2 Å². The van der Waals surface area contributed by atoms with E-state index in [4.69, 9.17) is 9.47 Å². The molecule has 1 aliphatic rings. The number of ether oxygens (including phenoxy) is 2. The van der Waals surface area contributed by atoms with Crippen LogP contribution in [0.25, 0.3) is 0 Å². The molecule has 1 aromatic carbocycles. The monoisotopic (exact) mass is 263 g/mol. The Kier molecular flexibility index (Phi) is 4.39. The average Bonchev–Trinajstić information content (AvgIpc) is 2.45. The smallest absolute Gasteiger partial charge is 0.220 e. The van der Waals surface area contributed by atoms with Gasteiger partial charge < -0.3 is 14.8 Å². The minimum absolute atomic E-state index is 0.0723. The van der Waals surface area contributed by atoms with Crippen LogP contribution in [0, 0.1) is 5.92 Å². The lowest BCUT2D eigenvalue weighted by Gasteiger charge is -2.22. The molecule has 5 nitrogen and oxygen atoms in total. The summed E-state index contributed by atoms with van der Waals surface area (Å²) in [6.07, 6.45) is 2.17. The molecule has 0 aliphatic carbocycles. The zero-order chi connectivity index (χ0) is 13.7. The fraction of sp³-hybridized carbons (Fsp3) is 0.429. The number of hydrogen-bond acceptors (Lipinski definition) is 4. The number of rotatable bonds is 5. The van der Waals surface area contributed by atoms with Crippen molar-refractivity contribution in [3.63, 3.8) is 0 Å². The summed E-state index contributed by atoms with van der Waals surface area (Å²) in [7, 11) is 1.53. The van der Waals surface area contributed by atoms with Crippen LogP contribution in [-0.2, 0) is 4.79 Å². The van der Waals surface area contributed by atoms with Crippen LogP contribution in [-0.4, -0.2) is 32.5 Å². The van der Waals surface area contributed by atoms with Crippen LogP contribution in [0.3, 0.4) is 0 Å². The van der Waals surface area contributed by atoms with Gasteiger partial charge in [-0.1, -0.05) is 0 Å². The second-order valence-corrected chi connectivity index (χ2v) is 4.55. The number of benzene rings is 1. The van der Waals surface area contributed by atoms with Crippen molar-refractivity contribution in [2.45, 2.75) is 12.8 Å². The fourth-order valence-corrected chi connectivity index (χ4v) is 2.08. The summed E-state index contributed by atoms with van der Waals surface area (Å²) in [5.41, 5.74) is 0.543. The number of amides is 1. The Morgan fingerprint density at radius 1 is 1.42 bits per heavy atom. The first-order chi connectivity index (χ1) is 9.22. The maximum Gasteiger partial charge on any atom is 0.220 e. The van der Waals surface area contributed by atoms with Crippen LogP contribution < -0.4 is 14.8 Å². The zero-order valence-electron chi connectivity index (χ0n) is 10.8. The molecule has 1 unspecified atom stereocenters. The van der Waals surface area contributed by atoms with E-state index in [9.17, 15) is 9.59 Å². The molecule has 0 spiro atoms. The Morgan fingerprint density at radius 3 is 2.95 bits per heavy atom. The molecule has 1 fully saturated rings. The largest absolute Gasteiger partial charge is 0.493 e. The highest BCUT2D eigenvalue weighted by Crippen LogP contribution is 2.28. The first-order valence-corrected chi connectivity index (χ1v) is 6.25. The lowest BCUT2D eigenvalue weighted by molar-refractivity contribution is -0.123. The third-order valence-electron chi connectivity index (χ3n) is 3.15. The van der Waals surface area contributed by atoms with Gasteiger partial charge in [0.15, 0.2) is 11.5 Å². The van der Waals surface area contributed by atoms with Crippen molar-refractivity contribution in [2.24, 2.45) is 5.92 Å². The summed E-state index contributed by atoms with van der Waals surface area (Å²) in [4.78, 5) is 21.9. The highest BCUT2D eigenvalue weighted by Gasteiger charge is 2.20. The topological polar surface area (TPSA) is 64.6 Å². The number of aldehydes is 1. The summed E-state index contributed by atoms with van der Waals surface area (Å²) >= 11 is 0. The molecule has 0 bridgehead atoms. The van der Waals surface area contributed by atoms with Gasteiger partial charge in [0.1, 0.15) is 6.29 Å². The van der Waals surface area contributed by atoms with Gasteiger partial charge in [-0.15, -0.1) is 0 Å². The molecule has 0 radical (unpaired) electrons. The van der Waals surface area contributed by atoms with Gasteiger partial charge in [-0.2, -0.15) is 0 Å². The molecule has 5 heteroatoms. The van der Waals surface area contributed by atoms with E-state index in [2.05, 4.69) is 5.32 Å². The number of carbonyl (C=O) groups is 2. The maximum atomic E-state index is 11.3. The van der Waals surface area contributed by atoms with Crippen LogP contribution >= 0.6 is 0 Å². The molecule has 1 heterocycles. The molecule has 2 rings (SSSR count). The summed E-state index contributed by atoms with van der Waals surface area (Å²) in [6, 6.07) is 5.03. The molecule has 102 valence electrons. The lowest BCUT2D eigenvalue weighted by Crippen LogP contribution is -2.35. The Hall–Kier alpha value is -2.04. The van der Waals surface area contributed by atoms with Crippen molar-refractivity contribution in [3.8, 4) is 11.5 Å². The molecule has 1 N–H and O–H groups in total. The van der Waals surface area contributed by atoms with Crippen molar-refractivity contribution in [1.82, 2.24) is 5.32 Å². The SMILES string of the molecule is COc1cc(C=O)ccc1OCC1CCNC(=O)C1. The van der Waals surface area contributed by atoms with Gasteiger partial charge in [-0.05, 0) is 24.6 Å². The summed E-state index contributed by atoms with van der Waals surface area (Å²) in [5, 5.41) is 2.79. The minimum Gasteiger partial charge on any atom is -0.493 e. The Bertz CT molecular complexity index is 473. The van der Waals surface area contributed by atoms with Crippen LogP contribution in [0.4, 0.5) is 0 Å². The molecule has 1 aromatic rings. The van der Waals surface area contributed by atoms with E-state index in [1.54, 1.807) is 18.2 Å². The van der Waals surface area contributed by atoms with Gasteiger partial charge in [-0.25, -0.2) is 0 Å². The second kappa shape index (κ2) is 6.22. The van der Waals surface area contributed by atoms with Crippen molar-refractivity contribution in [1.29, 1.82) is 0 Å². The van der Waals surface area contributed by atoms with E-state index in [1.807, 2.05) is 0 Å². The minimum atomic E-state index is 0.0723. The fourth-order valence-electron chi connectivity index (χ4n) is 2.08. The Labute approximate surface area is 111 Å². The summed E-state index contributed by atoms with van der Waals surface area (Å²) in [5.74, 6) is 1.43. The van der Waals surface area contributed by atoms with E-state index >= 15 is 0 Å². The highest BCUT2D eigenvalue weighted by molar-refractivity contribution is 5.77. The number of methoxy groups -OCH3 is 1. The number of hydrogen-bond donors (Lipinski definition) is 1. The highest BCUT2D eigenvalue weighted by atomic mass is 16.5. The Balaban J connectivity index is 1.98. The predicted molar refractivity (Wildman–Crippen MR) is 69.6 cm³/mol. The molecule has 1 aliphatic heterocycles. The number of carbonyl (C=O) groups excluding carboxylic acids is 2. The van der Waals surface area contributed by atoms with Gasteiger partial charge in [0.2, 0.25) is 5.91 Å². The third kappa shape index (κ3) is 3.47. The van der Waals surface area contributed by atoms with Gasteiger partial charge in [0.05, 0.1) is 13.7 Å². The maximum absolute atomic E-state index is 11.3. The number of piperidine rings is 1. The van der Waals surface area contributed by atoms with E-state index in [0.29, 0.717) is 36.6 Å². The average molecular weight is 263 g/mol. The van der Waals surface area contributed by atoms with Gasteiger partial charge in [-0.3, -0.25) is 9.59 Å². The molecule has 1 saturated heterocycles. The van der Waals surface area contributed by atoms with E-state index in [0.717, 1.165) is 12.7 Å². The summed E-state index contributed by atoms with van der Waals surface area (Å²) < 4.78 is 10.9. The first kappa shape index (κ1) is 13.4. The quantitative estimate of drug-likeness (QED) is 0.816. The van der Waals surface area contributed by atoms with E-state index < -0.39 is 0 Å². The summed E-state index contributed by atoms with van der Waals surface area (Å²) in [6.45, 7) is 1.18. The van der Waals surface area contributed by atoms with Gasteiger partial charge in [0, 0.05) is 24.4 Å². The molecule has 19 heavy (non-hydrogen) atoms. The molecular weight excluding hydrogens is 246 g/mol. The van der Waals surface area contributed by atoms with Crippen LogP contribution in [0.15, 0.2) is 18.2 Å². The second-order valence-electron chi connectivity index (χ2n) is 4.55. The zero-order valence-corrected chi connectivity index (χ0v) is 10.8. The van der Waals surface area contributed by atoms with Crippen LogP contribution in [0.5, 0.6) is 11.5 Å². The number of nitrogens with one attached hydrogen (secondary N) is 1. The van der Waals surface area contributed by atoms with Crippen LogP contribution in [0.2, 0.25) is 0 Å². The first-order valence-electron chi connectivity index (χ1n) is 6.25. The third-order valence-corrected chi connectivity index (χ3v) is 3.15. The van der Waals surface area contributed by atoms with E-state index in [1.165, 1.54) is 7.11 Å². The standard InChI is InChI=1S/C14H17NO4/c1-18-13-6-10(8-16)2-3-12(13)19-9-11-4-5-15-14(17)7-11/h2-3,6,8,11H,4-5,7,9H2,1H3,(H,15,17).